The van der Waals surface area contributed by atoms with E-state index in [0.29, 0.717) is 5.56 Å². The molecule has 0 saturated heterocycles. The second-order valence-electron chi connectivity index (χ2n) is 5.59. The first-order chi connectivity index (χ1) is 10.5. The molecule has 0 saturated carbocycles. The molecule has 3 nitrogen and oxygen atoms in total. The molecule has 3 heteroatoms. The molecule has 0 radical (unpaired) electrons. The summed E-state index contributed by atoms with van der Waals surface area (Å²) in [4.78, 5) is 17.1. The number of aromatic nitrogens is 1. The fourth-order valence-corrected chi connectivity index (χ4v) is 2.52. The maximum atomic E-state index is 12.6. The van der Waals surface area contributed by atoms with Gasteiger partial charge in [0.25, 0.3) is 5.91 Å². The minimum Gasteiger partial charge on any atom is -0.322 e. The number of aryl methyl sites for hydroxylation is 3. The number of nitrogens with zero attached hydrogens (tertiary/aromatic N) is 1. The van der Waals surface area contributed by atoms with Crippen molar-refractivity contribution in [1.29, 1.82) is 0 Å². The highest BCUT2D eigenvalue weighted by molar-refractivity contribution is 6.07. The van der Waals surface area contributed by atoms with Crippen LogP contribution >= 0.6 is 0 Å². The number of nitrogens with one attached hydrogen (secondary N) is 1. The fourth-order valence-electron chi connectivity index (χ4n) is 2.52. The van der Waals surface area contributed by atoms with Gasteiger partial charge in [-0.1, -0.05) is 29.8 Å². The molecule has 1 heterocycles. The zero-order valence-corrected chi connectivity index (χ0v) is 13.0. The topological polar surface area (TPSA) is 42.0 Å². The van der Waals surface area contributed by atoms with Gasteiger partial charge in [-0.15, -0.1) is 0 Å². The summed E-state index contributed by atoms with van der Waals surface area (Å²) < 4.78 is 0. The van der Waals surface area contributed by atoms with Crippen LogP contribution in [0.5, 0.6) is 0 Å². The van der Waals surface area contributed by atoms with Crippen LogP contribution in [0.15, 0.2) is 48.5 Å². The molecular formula is C19H18N2O. The molecule has 1 amide bonds. The Morgan fingerprint density at radius 2 is 1.77 bits per heavy atom. The number of hydrogen-bond acceptors (Lipinski definition) is 2. The molecule has 0 spiro atoms. The number of amides is 1. The second-order valence-corrected chi connectivity index (χ2v) is 5.59. The summed E-state index contributed by atoms with van der Waals surface area (Å²) in [6, 6.07) is 15.7. The van der Waals surface area contributed by atoms with Gasteiger partial charge in [-0.2, -0.15) is 0 Å². The summed E-state index contributed by atoms with van der Waals surface area (Å²) in [5, 5.41) is 3.95. The molecule has 3 aromatic rings. The highest BCUT2D eigenvalue weighted by Gasteiger charge is 2.12. The standard InChI is InChI=1S/C19H18N2O/c1-12-8-9-18-15(10-12)11-16(14(3)20-18)19(22)21-17-7-5-4-6-13(17)2/h4-11H,1-3H3,(H,21,22). The first-order valence-electron chi connectivity index (χ1n) is 7.29. The molecule has 0 fully saturated rings. The van der Waals surface area contributed by atoms with Crippen LogP contribution < -0.4 is 5.32 Å². The molecule has 0 unspecified atom stereocenters. The minimum atomic E-state index is -0.122. The van der Waals surface area contributed by atoms with Gasteiger partial charge < -0.3 is 5.32 Å². The van der Waals surface area contributed by atoms with Gasteiger partial charge in [0.1, 0.15) is 0 Å². The van der Waals surface area contributed by atoms with Crippen molar-refractivity contribution in [3.05, 3.63) is 70.9 Å². The van der Waals surface area contributed by atoms with Crippen molar-refractivity contribution in [2.45, 2.75) is 20.8 Å². The van der Waals surface area contributed by atoms with E-state index in [1.807, 2.05) is 69.3 Å². The van der Waals surface area contributed by atoms with Gasteiger partial charge >= 0.3 is 0 Å². The van der Waals surface area contributed by atoms with E-state index in [4.69, 9.17) is 0 Å². The molecular weight excluding hydrogens is 272 g/mol. The Morgan fingerprint density at radius 3 is 2.55 bits per heavy atom. The first kappa shape index (κ1) is 14.3. The molecule has 0 aliphatic carbocycles. The van der Waals surface area contributed by atoms with Crippen LogP contribution in [0.3, 0.4) is 0 Å². The molecule has 0 bridgehead atoms. The number of hydrogen-bond donors (Lipinski definition) is 1. The molecule has 1 N–H and O–H groups in total. The van der Waals surface area contributed by atoms with Crippen molar-refractivity contribution in [3.63, 3.8) is 0 Å². The molecule has 22 heavy (non-hydrogen) atoms. The third-order valence-electron chi connectivity index (χ3n) is 3.80. The van der Waals surface area contributed by atoms with E-state index in [1.165, 1.54) is 0 Å². The van der Waals surface area contributed by atoms with E-state index >= 15 is 0 Å². The van der Waals surface area contributed by atoms with E-state index in [9.17, 15) is 4.79 Å². The van der Waals surface area contributed by atoms with Crippen molar-refractivity contribution in [1.82, 2.24) is 4.98 Å². The molecule has 3 rings (SSSR count). The number of carbonyl (C=O) groups is 1. The van der Waals surface area contributed by atoms with Crippen molar-refractivity contribution < 1.29 is 4.79 Å². The molecule has 110 valence electrons. The third-order valence-corrected chi connectivity index (χ3v) is 3.80. The third kappa shape index (κ3) is 2.70. The number of para-hydroxylation sites is 1. The Hall–Kier alpha value is -2.68. The number of carbonyl (C=O) groups excluding carboxylic acids is 1. The summed E-state index contributed by atoms with van der Waals surface area (Å²) >= 11 is 0. The van der Waals surface area contributed by atoms with Crippen molar-refractivity contribution >= 4 is 22.5 Å². The van der Waals surface area contributed by atoms with Gasteiger partial charge in [0.2, 0.25) is 0 Å². The maximum Gasteiger partial charge on any atom is 0.257 e. The van der Waals surface area contributed by atoms with Crippen LogP contribution in [0, 0.1) is 20.8 Å². The normalized spacial score (nSPS) is 10.7. The number of anilines is 1. The summed E-state index contributed by atoms with van der Waals surface area (Å²) in [5.41, 5.74) is 5.29. The summed E-state index contributed by atoms with van der Waals surface area (Å²) in [7, 11) is 0. The highest BCUT2D eigenvalue weighted by Crippen LogP contribution is 2.20. The number of pyridine rings is 1. The van der Waals surface area contributed by atoms with Crippen molar-refractivity contribution in [2.75, 3.05) is 5.32 Å². The minimum absolute atomic E-state index is 0.122. The van der Waals surface area contributed by atoms with Gasteiger partial charge in [-0.3, -0.25) is 9.78 Å². The van der Waals surface area contributed by atoms with Gasteiger partial charge in [0.05, 0.1) is 16.8 Å². The lowest BCUT2D eigenvalue weighted by Gasteiger charge is -2.11. The van der Waals surface area contributed by atoms with Crippen LogP contribution in [0.1, 0.15) is 27.2 Å². The van der Waals surface area contributed by atoms with Crippen LogP contribution in [0.2, 0.25) is 0 Å². The predicted octanol–water partition coefficient (Wildman–Crippen LogP) is 4.41. The predicted molar refractivity (Wildman–Crippen MR) is 90.3 cm³/mol. The zero-order chi connectivity index (χ0) is 15.7. The molecule has 0 atom stereocenters. The first-order valence-corrected chi connectivity index (χ1v) is 7.29. The van der Waals surface area contributed by atoms with Gasteiger partial charge in [-0.05, 0) is 50.6 Å². The Labute approximate surface area is 130 Å². The van der Waals surface area contributed by atoms with Crippen molar-refractivity contribution in [3.8, 4) is 0 Å². The van der Waals surface area contributed by atoms with E-state index in [0.717, 1.165) is 33.4 Å². The average molecular weight is 290 g/mol. The van der Waals surface area contributed by atoms with E-state index in [-0.39, 0.29) is 5.91 Å². The highest BCUT2D eigenvalue weighted by atomic mass is 16.1. The fraction of sp³-hybridized carbons (Fsp3) is 0.158. The zero-order valence-electron chi connectivity index (χ0n) is 13.0. The van der Waals surface area contributed by atoms with E-state index < -0.39 is 0 Å². The smallest absolute Gasteiger partial charge is 0.257 e. The lowest BCUT2D eigenvalue weighted by atomic mass is 10.1. The maximum absolute atomic E-state index is 12.6. The summed E-state index contributed by atoms with van der Waals surface area (Å²) in [6.07, 6.45) is 0. The molecule has 1 aromatic heterocycles. The Morgan fingerprint density at radius 1 is 1.00 bits per heavy atom. The van der Waals surface area contributed by atoms with E-state index in [2.05, 4.69) is 10.3 Å². The Kier molecular flexibility index (Phi) is 3.63. The number of fused-ring (bicyclic) bond motifs is 1. The molecule has 0 aliphatic rings. The summed E-state index contributed by atoms with van der Waals surface area (Å²) in [6.45, 7) is 5.88. The van der Waals surface area contributed by atoms with Crippen molar-refractivity contribution in [2.24, 2.45) is 0 Å². The summed E-state index contributed by atoms with van der Waals surface area (Å²) in [5.74, 6) is -0.122. The van der Waals surface area contributed by atoms with Crippen LogP contribution in [-0.2, 0) is 0 Å². The van der Waals surface area contributed by atoms with E-state index in [1.54, 1.807) is 0 Å². The van der Waals surface area contributed by atoms with Crippen LogP contribution in [-0.4, -0.2) is 10.9 Å². The Balaban J connectivity index is 2.00. The van der Waals surface area contributed by atoms with Crippen LogP contribution in [0.25, 0.3) is 10.9 Å². The number of benzene rings is 2. The lowest BCUT2D eigenvalue weighted by Crippen LogP contribution is -2.15. The van der Waals surface area contributed by atoms with Crippen LogP contribution in [0.4, 0.5) is 5.69 Å². The SMILES string of the molecule is Cc1ccc2nc(C)c(C(=O)Nc3ccccc3C)cc2c1. The number of rotatable bonds is 2. The molecule has 0 aliphatic heterocycles. The van der Waals surface area contributed by atoms with Gasteiger partial charge in [-0.25, -0.2) is 0 Å². The van der Waals surface area contributed by atoms with Gasteiger partial charge in [0, 0.05) is 11.1 Å². The quantitative estimate of drug-likeness (QED) is 0.759. The average Bonchev–Trinajstić information content (AvgIpc) is 2.49. The monoisotopic (exact) mass is 290 g/mol. The molecule has 2 aromatic carbocycles. The van der Waals surface area contributed by atoms with Gasteiger partial charge in [0.15, 0.2) is 0 Å². The largest absolute Gasteiger partial charge is 0.322 e. The lowest BCUT2D eigenvalue weighted by molar-refractivity contribution is 0.102. The Bertz CT molecular complexity index is 868. The second kappa shape index (κ2) is 5.60.